The molecule has 0 amide bonds. The molecule has 1 aromatic rings. The van der Waals surface area contributed by atoms with E-state index >= 15 is 0 Å². The van der Waals surface area contributed by atoms with Gasteiger partial charge in [-0.2, -0.15) is 4.99 Å². The minimum atomic E-state index is -0.281. The zero-order chi connectivity index (χ0) is 11.1. The summed E-state index contributed by atoms with van der Waals surface area (Å²) < 4.78 is 1.08. The van der Waals surface area contributed by atoms with Crippen molar-refractivity contribution in [1.29, 1.82) is 0 Å². The monoisotopic (exact) mass is 265 g/mol. The molecule has 2 nitrogen and oxygen atoms in total. The molecule has 2 rings (SSSR count). The fraction of sp³-hybridized carbons (Fsp3) is 0.417. The molecule has 0 spiro atoms. The van der Waals surface area contributed by atoms with E-state index < -0.39 is 0 Å². The van der Waals surface area contributed by atoms with Crippen LogP contribution in [0, 0.1) is 13.8 Å². The van der Waals surface area contributed by atoms with Crippen LogP contribution in [0.2, 0.25) is 0 Å². The Labute approximate surface area is 97.5 Å². The lowest BCUT2D eigenvalue weighted by Crippen LogP contribution is -2.07. The number of isocyanates is 1. The summed E-state index contributed by atoms with van der Waals surface area (Å²) in [6.07, 6.45) is 3.60. The SMILES string of the molecule is Cc1ccc(C)c(C2(N=C=O)CC2)c1Br. The zero-order valence-electron chi connectivity index (χ0n) is 8.80. The van der Waals surface area contributed by atoms with E-state index in [2.05, 4.69) is 40.0 Å². The second-order valence-corrected chi connectivity index (χ2v) is 4.92. The lowest BCUT2D eigenvalue weighted by atomic mass is 9.97. The van der Waals surface area contributed by atoms with Crippen LogP contribution in [-0.4, -0.2) is 6.08 Å². The molecule has 3 heteroatoms. The van der Waals surface area contributed by atoms with E-state index in [0.717, 1.165) is 22.9 Å². The van der Waals surface area contributed by atoms with Crippen LogP contribution in [0.15, 0.2) is 21.6 Å². The van der Waals surface area contributed by atoms with Gasteiger partial charge in [0.15, 0.2) is 0 Å². The third-order valence-corrected chi connectivity index (χ3v) is 4.01. The molecule has 78 valence electrons. The van der Waals surface area contributed by atoms with E-state index in [1.807, 2.05) is 6.92 Å². The molecule has 1 fully saturated rings. The van der Waals surface area contributed by atoms with Crippen LogP contribution in [0.1, 0.15) is 29.5 Å². The van der Waals surface area contributed by atoms with Crippen LogP contribution in [0.3, 0.4) is 0 Å². The normalized spacial score (nSPS) is 17.0. The number of hydrogen-bond donors (Lipinski definition) is 0. The molecule has 1 aromatic carbocycles. The summed E-state index contributed by atoms with van der Waals surface area (Å²) in [4.78, 5) is 14.4. The topological polar surface area (TPSA) is 29.4 Å². The van der Waals surface area contributed by atoms with Gasteiger partial charge < -0.3 is 0 Å². The molecular formula is C12H12BrNO. The molecule has 0 saturated heterocycles. The number of aryl methyl sites for hydroxylation is 2. The van der Waals surface area contributed by atoms with Crippen molar-refractivity contribution in [2.45, 2.75) is 32.2 Å². The second kappa shape index (κ2) is 3.58. The summed E-state index contributed by atoms with van der Waals surface area (Å²) in [5.74, 6) is 0. The van der Waals surface area contributed by atoms with Crippen molar-refractivity contribution < 1.29 is 4.79 Å². The molecule has 0 unspecified atom stereocenters. The van der Waals surface area contributed by atoms with Crippen molar-refractivity contribution >= 4 is 22.0 Å². The third kappa shape index (κ3) is 1.66. The molecule has 0 atom stereocenters. The molecule has 0 radical (unpaired) electrons. The van der Waals surface area contributed by atoms with Gasteiger partial charge >= 0.3 is 0 Å². The van der Waals surface area contributed by atoms with Crippen LogP contribution in [0.25, 0.3) is 0 Å². The minimum Gasteiger partial charge on any atom is -0.211 e. The lowest BCUT2D eigenvalue weighted by molar-refractivity contribution is 0.556. The van der Waals surface area contributed by atoms with Gasteiger partial charge in [0.2, 0.25) is 6.08 Å². The molecule has 0 heterocycles. The smallest absolute Gasteiger partial charge is 0.211 e. The highest BCUT2D eigenvalue weighted by atomic mass is 79.9. The van der Waals surface area contributed by atoms with Crippen molar-refractivity contribution in [3.05, 3.63) is 33.3 Å². The predicted octanol–water partition coefficient (Wildman–Crippen LogP) is 3.39. The van der Waals surface area contributed by atoms with Crippen molar-refractivity contribution in [1.82, 2.24) is 0 Å². The van der Waals surface area contributed by atoms with Gasteiger partial charge in [0.1, 0.15) is 0 Å². The molecule has 0 aromatic heterocycles. The first-order chi connectivity index (χ1) is 7.10. The minimum absolute atomic E-state index is 0.281. The van der Waals surface area contributed by atoms with Gasteiger partial charge in [-0.15, -0.1) is 0 Å². The lowest BCUT2D eigenvalue weighted by Gasteiger charge is -2.15. The third-order valence-electron chi connectivity index (χ3n) is 2.99. The quantitative estimate of drug-likeness (QED) is 0.596. The Morgan fingerprint density at radius 3 is 2.47 bits per heavy atom. The first-order valence-corrected chi connectivity index (χ1v) is 5.75. The Morgan fingerprint density at radius 2 is 1.93 bits per heavy atom. The Morgan fingerprint density at radius 1 is 1.33 bits per heavy atom. The average molecular weight is 266 g/mol. The van der Waals surface area contributed by atoms with Crippen molar-refractivity contribution in [3.8, 4) is 0 Å². The van der Waals surface area contributed by atoms with Crippen molar-refractivity contribution in [2.75, 3.05) is 0 Å². The molecule has 0 bridgehead atoms. The van der Waals surface area contributed by atoms with Gasteiger partial charge in [-0.3, -0.25) is 0 Å². The van der Waals surface area contributed by atoms with Gasteiger partial charge in [0, 0.05) is 4.47 Å². The van der Waals surface area contributed by atoms with Gasteiger partial charge in [0.05, 0.1) is 5.54 Å². The fourth-order valence-electron chi connectivity index (χ4n) is 1.97. The van der Waals surface area contributed by atoms with Crippen LogP contribution in [0.4, 0.5) is 0 Å². The second-order valence-electron chi connectivity index (χ2n) is 4.12. The molecular weight excluding hydrogens is 254 g/mol. The van der Waals surface area contributed by atoms with Crippen LogP contribution < -0.4 is 0 Å². The Kier molecular flexibility index (Phi) is 2.53. The van der Waals surface area contributed by atoms with E-state index in [1.165, 1.54) is 11.1 Å². The summed E-state index contributed by atoms with van der Waals surface area (Å²) in [5, 5.41) is 0. The van der Waals surface area contributed by atoms with Crippen molar-refractivity contribution in [3.63, 3.8) is 0 Å². The highest BCUT2D eigenvalue weighted by Crippen LogP contribution is 2.53. The Balaban J connectivity index is 2.62. The largest absolute Gasteiger partial charge is 0.235 e. The maximum Gasteiger partial charge on any atom is 0.235 e. The average Bonchev–Trinajstić information content (AvgIpc) is 2.94. The molecule has 15 heavy (non-hydrogen) atoms. The predicted molar refractivity (Wildman–Crippen MR) is 62.6 cm³/mol. The highest BCUT2D eigenvalue weighted by molar-refractivity contribution is 9.10. The van der Waals surface area contributed by atoms with Crippen LogP contribution >= 0.6 is 15.9 Å². The van der Waals surface area contributed by atoms with Gasteiger partial charge in [-0.1, -0.05) is 28.1 Å². The maximum atomic E-state index is 10.4. The Bertz CT molecular complexity index is 457. The number of carbonyl (C=O) groups excluding carboxylic acids is 1. The molecule has 1 aliphatic carbocycles. The number of benzene rings is 1. The van der Waals surface area contributed by atoms with Gasteiger partial charge in [-0.05, 0) is 43.4 Å². The number of rotatable bonds is 2. The number of aliphatic imine (C=N–C) groups is 1. The fourth-order valence-corrected chi connectivity index (χ4v) is 2.79. The van der Waals surface area contributed by atoms with E-state index in [-0.39, 0.29) is 5.54 Å². The first-order valence-electron chi connectivity index (χ1n) is 4.96. The highest BCUT2D eigenvalue weighted by Gasteiger charge is 2.47. The zero-order valence-corrected chi connectivity index (χ0v) is 10.4. The summed E-state index contributed by atoms with van der Waals surface area (Å²) in [7, 11) is 0. The summed E-state index contributed by atoms with van der Waals surface area (Å²) in [5.41, 5.74) is 3.24. The first kappa shape index (κ1) is 10.6. The van der Waals surface area contributed by atoms with E-state index in [4.69, 9.17) is 0 Å². The summed E-state index contributed by atoms with van der Waals surface area (Å²) in [6, 6.07) is 4.15. The summed E-state index contributed by atoms with van der Waals surface area (Å²) >= 11 is 3.59. The number of hydrogen-bond acceptors (Lipinski definition) is 2. The summed E-state index contributed by atoms with van der Waals surface area (Å²) in [6.45, 7) is 4.10. The number of halogens is 1. The molecule has 1 saturated carbocycles. The molecule has 0 N–H and O–H groups in total. The maximum absolute atomic E-state index is 10.4. The molecule has 1 aliphatic rings. The van der Waals surface area contributed by atoms with Crippen LogP contribution in [0.5, 0.6) is 0 Å². The van der Waals surface area contributed by atoms with Crippen LogP contribution in [-0.2, 0) is 10.3 Å². The standard InChI is InChI=1S/C12H12BrNO/c1-8-3-4-9(2)11(13)10(8)12(5-6-12)14-7-15/h3-4H,5-6H2,1-2H3. The van der Waals surface area contributed by atoms with Gasteiger partial charge in [-0.25, -0.2) is 4.79 Å². The Hall–Kier alpha value is -0.920. The van der Waals surface area contributed by atoms with Gasteiger partial charge in [0.25, 0.3) is 0 Å². The van der Waals surface area contributed by atoms with E-state index in [1.54, 1.807) is 6.08 Å². The number of nitrogens with zero attached hydrogens (tertiary/aromatic N) is 1. The molecule has 0 aliphatic heterocycles. The van der Waals surface area contributed by atoms with Crippen molar-refractivity contribution in [2.24, 2.45) is 4.99 Å². The van der Waals surface area contributed by atoms with E-state index in [0.29, 0.717) is 0 Å². The van der Waals surface area contributed by atoms with E-state index in [9.17, 15) is 4.79 Å².